The topological polar surface area (TPSA) is 0 Å². The summed E-state index contributed by atoms with van der Waals surface area (Å²) in [5.41, 5.74) is 12.5. The summed E-state index contributed by atoms with van der Waals surface area (Å²) in [6, 6.07) is 38.6. The summed E-state index contributed by atoms with van der Waals surface area (Å²) in [6.07, 6.45) is 1.03. The average molecular weight is 395 g/mol. The van der Waals surface area contributed by atoms with Gasteiger partial charge in [-0.25, -0.2) is 0 Å². The van der Waals surface area contributed by atoms with Crippen LogP contribution in [0.5, 0.6) is 0 Å². The van der Waals surface area contributed by atoms with E-state index in [0.29, 0.717) is 0 Å². The lowest BCUT2D eigenvalue weighted by Gasteiger charge is -2.32. The lowest BCUT2D eigenvalue weighted by atomic mass is 9.69. The highest BCUT2D eigenvalue weighted by Crippen LogP contribution is 2.63. The van der Waals surface area contributed by atoms with Gasteiger partial charge in [-0.15, -0.1) is 0 Å². The third-order valence-electron chi connectivity index (χ3n) is 7.44. The van der Waals surface area contributed by atoms with Crippen molar-refractivity contribution in [1.82, 2.24) is 0 Å². The molecule has 5 aromatic carbocycles. The van der Waals surface area contributed by atoms with Crippen molar-refractivity contribution in [3.63, 3.8) is 0 Å². The Balaban J connectivity index is 1.75. The lowest BCUT2D eigenvalue weighted by Crippen LogP contribution is -2.27. The van der Waals surface area contributed by atoms with Crippen LogP contribution in [0, 0.1) is 0 Å². The van der Waals surface area contributed by atoms with E-state index in [-0.39, 0.29) is 5.41 Å². The van der Waals surface area contributed by atoms with Crippen molar-refractivity contribution < 1.29 is 0 Å². The van der Waals surface area contributed by atoms with Crippen molar-refractivity contribution in [3.05, 3.63) is 131 Å². The maximum atomic E-state index is 2.46. The van der Waals surface area contributed by atoms with Gasteiger partial charge in [-0.3, -0.25) is 0 Å². The van der Waals surface area contributed by atoms with Gasteiger partial charge in [-0.05, 0) is 79.4 Å². The summed E-state index contributed by atoms with van der Waals surface area (Å²) in [4.78, 5) is 0. The SMILES string of the molecule is CCc1cccc2c1C1(c3ccccc3-c3ccccc31)c1cc3ccccc3cc1-2. The fourth-order valence-electron chi connectivity index (χ4n) is 6.26. The van der Waals surface area contributed by atoms with Gasteiger partial charge < -0.3 is 0 Å². The molecule has 1 spiro atoms. The van der Waals surface area contributed by atoms with Crippen molar-refractivity contribution in [2.75, 3.05) is 0 Å². The summed E-state index contributed by atoms with van der Waals surface area (Å²) in [6.45, 7) is 2.29. The van der Waals surface area contributed by atoms with Gasteiger partial charge in [0.05, 0.1) is 5.41 Å². The van der Waals surface area contributed by atoms with Crippen LogP contribution in [-0.2, 0) is 11.8 Å². The van der Waals surface area contributed by atoms with Crippen LogP contribution in [0.1, 0.15) is 34.7 Å². The zero-order chi connectivity index (χ0) is 20.6. The first-order valence-electron chi connectivity index (χ1n) is 11.2. The second-order valence-electron chi connectivity index (χ2n) is 8.78. The van der Waals surface area contributed by atoms with Crippen LogP contribution in [0.25, 0.3) is 33.0 Å². The molecule has 2 aliphatic carbocycles. The van der Waals surface area contributed by atoms with E-state index < -0.39 is 0 Å². The molecule has 0 radical (unpaired) electrons. The minimum Gasteiger partial charge on any atom is -0.0619 e. The van der Waals surface area contributed by atoms with E-state index in [1.807, 2.05) is 0 Å². The highest BCUT2D eigenvalue weighted by Gasteiger charge is 2.52. The van der Waals surface area contributed by atoms with Crippen molar-refractivity contribution in [2.24, 2.45) is 0 Å². The number of fused-ring (bicyclic) bond motifs is 11. The molecule has 0 bridgehead atoms. The van der Waals surface area contributed by atoms with E-state index in [4.69, 9.17) is 0 Å². The van der Waals surface area contributed by atoms with Crippen LogP contribution in [0.2, 0.25) is 0 Å². The Morgan fingerprint density at radius 2 is 1.10 bits per heavy atom. The highest BCUT2D eigenvalue weighted by atomic mass is 14.5. The quantitative estimate of drug-likeness (QED) is 0.267. The van der Waals surface area contributed by atoms with Gasteiger partial charge in [0.1, 0.15) is 0 Å². The van der Waals surface area contributed by atoms with E-state index in [1.165, 1.54) is 60.8 Å². The van der Waals surface area contributed by atoms with Gasteiger partial charge >= 0.3 is 0 Å². The van der Waals surface area contributed by atoms with Crippen molar-refractivity contribution in [2.45, 2.75) is 18.8 Å². The lowest BCUT2D eigenvalue weighted by molar-refractivity contribution is 0.780. The van der Waals surface area contributed by atoms with Crippen LogP contribution < -0.4 is 0 Å². The first-order chi connectivity index (χ1) is 15.3. The predicted molar refractivity (Wildman–Crippen MR) is 130 cm³/mol. The number of benzene rings is 5. The molecule has 0 unspecified atom stereocenters. The first-order valence-corrected chi connectivity index (χ1v) is 11.2. The summed E-state index contributed by atoms with van der Waals surface area (Å²) in [7, 11) is 0. The van der Waals surface area contributed by atoms with E-state index >= 15 is 0 Å². The molecular formula is C31H22. The molecule has 0 saturated heterocycles. The fraction of sp³-hybridized carbons (Fsp3) is 0.0968. The Kier molecular flexibility index (Phi) is 3.28. The molecule has 31 heavy (non-hydrogen) atoms. The van der Waals surface area contributed by atoms with Crippen molar-refractivity contribution >= 4 is 10.8 Å². The molecule has 0 heterocycles. The number of hydrogen-bond donors (Lipinski definition) is 0. The second kappa shape index (κ2) is 5.95. The van der Waals surface area contributed by atoms with Crippen LogP contribution in [0.4, 0.5) is 0 Å². The number of rotatable bonds is 1. The van der Waals surface area contributed by atoms with Gasteiger partial charge in [-0.2, -0.15) is 0 Å². The molecule has 0 nitrogen and oxygen atoms in total. The van der Waals surface area contributed by atoms with Crippen LogP contribution >= 0.6 is 0 Å². The van der Waals surface area contributed by atoms with Crippen molar-refractivity contribution in [3.8, 4) is 22.3 Å². The fourth-order valence-corrected chi connectivity index (χ4v) is 6.26. The predicted octanol–water partition coefficient (Wildman–Crippen LogP) is 7.75. The Labute approximate surface area is 182 Å². The van der Waals surface area contributed by atoms with Crippen LogP contribution in [0.3, 0.4) is 0 Å². The molecule has 7 rings (SSSR count). The second-order valence-corrected chi connectivity index (χ2v) is 8.78. The highest BCUT2D eigenvalue weighted by molar-refractivity contribution is 6.00. The summed E-state index contributed by atoms with van der Waals surface area (Å²) < 4.78 is 0. The molecule has 0 saturated carbocycles. The van der Waals surface area contributed by atoms with E-state index in [0.717, 1.165) is 6.42 Å². The molecule has 0 amide bonds. The standard InChI is InChI=1S/C31H22/c1-2-20-12-9-15-25-26-18-21-10-3-4-11-22(21)19-29(26)31(30(20)25)27-16-7-5-13-23(27)24-14-6-8-17-28(24)31/h3-19H,2H2,1H3. The Hall–Kier alpha value is -3.64. The zero-order valence-corrected chi connectivity index (χ0v) is 17.5. The smallest absolute Gasteiger partial charge is 0.0619 e. The molecule has 146 valence electrons. The summed E-state index contributed by atoms with van der Waals surface area (Å²) in [5.74, 6) is 0. The zero-order valence-electron chi connectivity index (χ0n) is 17.5. The minimum atomic E-state index is -0.242. The number of aryl methyl sites for hydroxylation is 1. The number of hydrogen-bond acceptors (Lipinski definition) is 0. The van der Waals surface area contributed by atoms with E-state index in [2.05, 4.69) is 110 Å². The van der Waals surface area contributed by atoms with E-state index in [9.17, 15) is 0 Å². The molecular weight excluding hydrogens is 372 g/mol. The van der Waals surface area contributed by atoms with Crippen molar-refractivity contribution in [1.29, 1.82) is 0 Å². The summed E-state index contributed by atoms with van der Waals surface area (Å²) >= 11 is 0. The third-order valence-corrected chi connectivity index (χ3v) is 7.44. The van der Waals surface area contributed by atoms with E-state index in [1.54, 1.807) is 0 Å². The van der Waals surface area contributed by atoms with Gasteiger partial charge in [0.25, 0.3) is 0 Å². The molecule has 0 heteroatoms. The molecule has 0 aliphatic heterocycles. The maximum Gasteiger partial charge on any atom is 0.0728 e. The van der Waals surface area contributed by atoms with Gasteiger partial charge in [0.15, 0.2) is 0 Å². The van der Waals surface area contributed by atoms with Crippen LogP contribution in [-0.4, -0.2) is 0 Å². The van der Waals surface area contributed by atoms with Gasteiger partial charge in [0, 0.05) is 0 Å². The minimum absolute atomic E-state index is 0.242. The largest absolute Gasteiger partial charge is 0.0728 e. The average Bonchev–Trinajstić information content (AvgIpc) is 3.29. The maximum absolute atomic E-state index is 2.46. The first kappa shape index (κ1) is 17.1. The normalized spacial score (nSPS) is 14.4. The Morgan fingerprint density at radius 1 is 0.516 bits per heavy atom. The molecule has 0 aromatic heterocycles. The van der Waals surface area contributed by atoms with Gasteiger partial charge in [0.2, 0.25) is 0 Å². The molecule has 5 aromatic rings. The van der Waals surface area contributed by atoms with Gasteiger partial charge in [-0.1, -0.05) is 97.9 Å². The Morgan fingerprint density at radius 3 is 1.77 bits per heavy atom. The molecule has 0 fully saturated rings. The monoisotopic (exact) mass is 394 g/mol. The third kappa shape index (κ3) is 1.96. The molecule has 0 atom stereocenters. The summed E-state index contributed by atoms with van der Waals surface area (Å²) in [5, 5.41) is 2.62. The molecule has 2 aliphatic rings. The van der Waals surface area contributed by atoms with Crippen LogP contribution in [0.15, 0.2) is 103 Å². The Bertz CT molecular complexity index is 1470. The molecule has 0 N–H and O–H groups in total.